The van der Waals surface area contributed by atoms with Crippen molar-refractivity contribution < 1.29 is 24.6 Å². The summed E-state index contributed by atoms with van der Waals surface area (Å²) in [7, 11) is 0. The zero-order valence-corrected chi connectivity index (χ0v) is 13.8. The summed E-state index contributed by atoms with van der Waals surface area (Å²) in [5, 5.41) is 20.4. The highest BCUT2D eigenvalue weighted by atomic mass is 16.3. The molecule has 132 valence electrons. The molecule has 1 aliphatic heterocycles. The van der Waals surface area contributed by atoms with E-state index in [0.717, 1.165) is 32.1 Å². The van der Waals surface area contributed by atoms with Crippen molar-refractivity contribution >= 4 is 17.6 Å². The molecule has 3 saturated carbocycles. The van der Waals surface area contributed by atoms with Crippen LogP contribution in [0.2, 0.25) is 0 Å². The molecule has 4 fully saturated rings. The Morgan fingerprint density at radius 3 is 2.21 bits per heavy atom. The second kappa shape index (κ2) is 5.92. The number of imide groups is 1. The number of aliphatic hydroxyl groups is 2. The van der Waals surface area contributed by atoms with Gasteiger partial charge in [0, 0.05) is 24.3 Å². The highest BCUT2D eigenvalue weighted by molar-refractivity contribution is 6.06. The number of rotatable bonds is 1. The van der Waals surface area contributed by atoms with Gasteiger partial charge in [0.15, 0.2) is 0 Å². The van der Waals surface area contributed by atoms with Gasteiger partial charge in [0.25, 0.3) is 0 Å². The molecule has 0 radical (unpaired) electrons. The van der Waals surface area contributed by atoms with Crippen LogP contribution in [0.1, 0.15) is 51.4 Å². The van der Waals surface area contributed by atoms with Gasteiger partial charge in [-0.3, -0.25) is 19.3 Å². The number of aliphatic hydroxyl groups excluding tert-OH is 2. The van der Waals surface area contributed by atoms with Crippen LogP contribution in [-0.2, 0) is 14.4 Å². The molecule has 0 unspecified atom stereocenters. The zero-order chi connectivity index (χ0) is 17.0. The van der Waals surface area contributed by atoms with Gasteiger partial charge in [-0.2, -0.15) is 0 Å². The third-order valence-electron chi connectivity index (χ3n) is 6.73. The number of fused-ring (bicyclic) bond motifs is 3. The molecule has 24 heavy (non-hydrogen) atoms. The molecular formula is C18H25NO5. The fourth-order valence-electron chi connectivity index (χ4n) is 5.57. The molecule has 0 aromatic rings. The number of ketones is 1. The predicted octanol–water partition coefficient (Wildman–Crippen LogP) is 0.641. The van der Waals surface area contributed by atoms with Gasteiger partial charge in [0.2, 0.25) is 11.8 Å². The number of nitrogens with zero attached hydrogens (tertiary/aromatic N) is 1. The molecule has 2 amide bonds. The van der Waals surface area contributed by atoms with E-state index in [-0.39, 0.29) is 30.1 Å². The minimum absolute atomic E-state index is 0.0239. The Hall–Kier alpha value is -1.27. The van der Waals surface area contributed by atoms with E-state index in [1.807, 2.05) is 0 Å². The molecule has 1 heterocycles. The maximum Gasteiger partial charge on any atom is 0.233 e. The minimum Gasteiger partial charge on any atom is -0.390 e. The van der Waals surface area contributed by atoms with Crippen molar-refractivity contribution in [3.8, 4) is 0 Å². The maximum atomic E-state index is 13.1. The number of likely N-dealkylation sites (tertiary alicyclic amines) is 1. The first-order chi connectivity index (χ1) is 11.5. The van der Waals surface area contributed by atoms with E-state index >= 15 is 0 Å². The lowest BCUT2D eigenvalue weighted by Crippen LogP contribution is -2.54. The Bertz CT molecular complexity index is 570. The van der Waals surface area contributed by atoms with Gasteiger partial charge in [-0.15, -0.1) is 0 Å². The molecule has 4 aliphatic rings. The molecular weight excluding hydrogens is 310 g/mol. The Morgan fingerprint density at radius 1 is 0.833 bits per heavy atom. The monoisotopic (exact) mass is 335 g/mol. The van der Waals surface area contributed by atoms with Crippen LogP contribution in [0.5, 0.6) is 0 Å². The summed E-state index contributed by atoms with van der Waals surface area (Å²) in [6.45, 7) is 0. The Morgan fingerprint density at radius 2 is 1.50 bits per heavy atom. The molecule has 3 aliphatic carbocycles. The zero-order valence-electron chi connectivity index (χ0n) is 13.8. The number of Topliss-reactive ketones (excluding diaryl/α,β-unsaturated/α-hetero) is 1. The molecule has 6 nitrogen and oxygen atoms in total. The Balaban J connectivity index is 1.65. The van der Waals surface area contributed by atoms with Crippen LogP contribution in [-0.4, -0.2) is 51.0 Å². The van der Waals surface area contributed by atoms with Crippen LogP contribution in [0.25, 0.3) is 0 Å². The van der Waals surface area contributed by atoms with Crippen molar-refractivity contribution in [3.63, 3.8) is 0 Å². The summed E-state index contributed by atoms with van der Waals surface area (Å²) < 4.78 is 0. The van der Waals surface area contributed by atoms with E-state index in [4.69, 9.17) is 0 Å². The number of hydrogen-bond donors (Lipinski definition) is 2. The number of carbonyl (C=O) groups excluding carboxylic acids is 3. The van der Waals surface area contributed by atoms with Crippen molar-refractivity contribution in [1.29, 1.82) is 0 Å². The van der Waals surface area contributed by atoms with Gasteiger partial charge in [0.1, 0.15) is 5.78 Å². The van der Waals surface area contributed by atoms with Crippen molar-refractivity contribution in [2.75, 3.05) is 0 Å². The van der Waals surface area contributed by atoms with Gasteiger partial charge < -0.3 is 10.2 Å². The molecule has 0 aromatic carbocycles. The van der Waals surface area contributed by atoms with Crippen LogP contribution < -0.4 is 0 Å². The van der Waals surface area contributed by atoms with E-state index < -0.39 is 35.9 Å². The first-order valence-electron chi connectivity index (χ1n) is 9.26. The summed E-state index contributed by atoms with van der Waals surface area (Å²) in [4.78, 5) is 39.7. The molecule has 6 heteroatoms. The summed E-state index contributed by atoms with van der Waals surface area (Å²) in [5.74, 6) is -2.46. The highest BCUT2D eigenvalue weighted by Crippen LogP contribution is 2.50. The fourth-order valence-corrected chi connectivity index (χ4v) is 5.57. The average Bonchev–Trinajstić information content (AvgIpc) is 2.84. The predicted molar refractivity (Wildman–Crippen MR) is 83.6 cm³/mol. The highest BCUT2D eigenvalue weighted by Gasteiger charge is 2.60. The molecule has 2 N–H and O–H groups in total. The molecule has 4 rings (SSSR count). The van der Waals surface area contributed by atoms with E-state index in [1.165, 1.54) is 4.90 Å². The van der Waals surface area contributed by atoms with Crippen LogP contribution in [0, 0.1) is 23.7 Å². The van der Waals surface area contributed by atoms with Gasteiger partial charge in [0.05, 0.1) is 24.0 Å². The standard InChI is InChI=1S/C18H25NO5/c20-12-8-13(21)16(22)14-10(12)6-7-11-15(14)18(24)19(17(11)23)9-4-2-1-3-5-9/h9-11,13-16,21-22H,1-8H2/t10-,11-,13-,14+,15-,16-/m1/s1. The summed E-state index contributed by atoms with van der Waals surface area (Å²) in [6, 6.07) is -0.0239. The average molecular weight is 335 g/mol. The number of hydrogen-bond acceptors (Lipinski definition) is 5. The second-order valence-corrected chi connectivity index (χ2v) is 7.96. The summed E-state index contributed by atoms with van der Waals surface area (Å²) in [5.41, 5.74) is 0. The van der Waals surface area contributed by atoms with Crippen LogP contribution in [0.4, 0.5) is 0 Å². The summed E-state index contributed by atoms with van der Waals surface area (Å²) in [6.07, 6.45) is 3.72. The molecule has 0 spiro atoms. The van der Waals surface area contributed by atoms with Crippen molar-refractivity contribution in [1.82, 2.24) is 4.90 Å². The minimum atomic E-state index is -1.12. The van der Waals surface area contributed by atoms with Gasteiger partial charge >= 0.3 is 0 Å². The van der Waals surface area contributed by atoms with Crippen LogP contribution >= 0.6 is 0 Å². The third kappa shape index (κ3) is 2.26. The van der Waals surface area contributed by atoms with E-state index in [9.17, 15) is 24.6 Å². The number of amides is 2. The van der Waals surface area contributed by atoms with E-state index in [1.54, 1.807) is 0 Å². The number of carbonyl (C=O) groups is 3. The second-order valence-electron chi connectivity index (χ2n) is 7.96. The van der Waals surface area contributed by atoms with Crippen molar-refractivity contribution in [2.24, 2.45) is 23.7 Å². The largest absolute Gasteiger partial charge is 0.390 e. The van der Waals surface area contributed by atoms with E-state index in [2.05, 4.69) is 0 Å². The lowest BCUT2D eigenvalue weighted by molar-refractivity contribution is -0.156. The third-order valence-corrected chi connectivity index (χ3v) is 6.73. The smallest absolute Gasteiger partial charge is 0.233 e. The molecule has 1 saturated heterocycles. The molecule has 0 aromatic heterocycles. The van der Waals surface area contributed by atoms with Gasteiger partial charge in [-0.05, 0) is 25.7 Å². The Labute approximate surface area is 141 Å². The van der Waals surface area contributed by atoms with E-state index in [0.29, 0.717) is 12.8 Å². The van der Waals surface area contributed by atoms with Crippen molar-refractivity contribution in [3.05, 3.63) is 0 Å². The van der Waals surface area contributed by atoms with Crippen molar-refractivity contribution in [2.45, 2.75) is 69.6 Å². The first-order valence-corrected chi connectivity index (χ1v) is 9.26. The fraction of sp³-hybridized carbons (Fsp3) is 0.833. The van der Waals surface area contributed by atoms with Gasteiger partial charge in [-0.1, -0.05) is 19.3 Å². The first kappa shape index (κ1) is 16.2. The normalized spacial score (nSPS) is 43.8. The quantitative estimate of drug-likeness (QED) is 0.686. The molecule has 6 atom stereocenters. The van der Waals surface area contributed by atoms with Gasteiger partial charge in [-0.25, -0.2) is 0 Å². The SMILES string of the molecule is O=C1C[C@@H](O)[C@@H](O)[C@@H]2[C@@H]3C(=O)N(C4CCCCC4)C(=O)[C@@H]3CC[C@H]12. The lowest BCUT2D eigenvalue weighted by Gasteiger charge is -2.44. The topological polar surface area (TPSA) is 94.9 Å². The van der Waals surface area contributed by atoms with Crippen LogP contribution in [0.3, 0.4) is 0 Å². The maximum absolute atomic E-state index is 13.1. The molecule has 0 bridgehead atoms. The Kier molecular flexibility index (Phi) is 4.00. The summed E-state index contributed by atoms with van der Waals surface area (Å²) >= 11 is 0. The lowest BCUT2D eigenvalue weighted by atomic mass is 9.60. The van der Waals surface area contributed by atoms with Crippen LogP contribution in [0.15, 0.2) is 0 Å².